The Kier molecular flexibility index (Phi) is 4.99. The summed E-state index contributed by atoms with van der Waals surface area (Å²) in [5, 5.41) is 3.09. The van der Waals surface area contributed by atoms with Gasteiger partial charge in [0.2, 0.25) is 0 Å². The Morgan fingerprint density at radius 3 is 2.40 bits per heavy atom. The molecule has 0 spiro atoms. The van der Waals surface area contributed by atoms with Gasteiger partial charge in [-0.25, -0.2) is 0 Å². The number of ether oxygens (including phenoxy) is 1. The Morgan fingerprint density at radius 2 is 1.95 bits per heavy atom. The summed E-state index contributed by atoms with van der Waals surface area (Å²) in [7, 11) is 1.55. The number of hydrogen-bond donors (Lipinski definition) is 2. The third-order valence-electron chi connectivity index (χ3n) is 2.59. The van der Waals surface area contributed by atoms with Gasteiger partial charge in [-0.2, -0.15) is 13.2 Å². The van der Waals surface area contributed by atoms with E-state index in [4.69, 9.17) is 22.7 Å². The number of hydrogen-bond acceptors (Lipinski definition) is 3. The molecule has 0 saturated heterocycles. The zero-order valence-corrected chi connectivity index (χ0v) is 12.3. The minimum absolute atomic E-state index is 0.0909. The van der Waals surface area contributed by atoms with Gasteiger partial charge in [-0.1, -0.05) is 12.2 Å². The minimum Gasteiger partial charge on any atom is -0.389 e. The van der Waals surface area contributed by atoms with Crippen LogP contribution in [-0.4, -0.2) is 24.2 Å². The molecule has 1 aromatic carbocycles. The van der Waals surface area contributed by atoms with Gasteiger partial charge in [0.25, 0.3) is 0 Å². The lowest BCUT2D eigenvalue weighted by atomic mass is 10.0. The lowest BCUT2D eigenvalue weighted by molar-refractivity contribution is -0.137. The molecule has 7 heteroatoms. The topological polar surface area (TPSA) is 47.3 Å². The van der Waals surface area contributed by atoms with Crippen LogP contribution in [0.1, 0.15) is 25.0 Å². The quantitative estimate of drug-likeness (QED) is 0.820. The third-order valence-corrected chi connectivity index (χ3v) is 2.81. The second-order valence-corrected chi connectivity index (χ2v) is 5.50. The Labute approximate surface area is 121 Å². The number of rotatable bonds is 5. The van der Waals surface area contributed by atoms with E-state index in [0.717, 1.165) is 12.1 Å². The van der Waals surface area contributed by atoms with Crippen LogP contribution in [0.3, 0.4) is 0 Å². The molecule has 0 unspecified atom stereocenters. The van der Waals surface area contributed by atoms with Gasteiger partial charge in [0.05, 0.1) is 17.7 Å². The molecule has 0 aliphatic heterocycles. The van der Waals surface area contributed by atoms with Gasteiger partial charge >= 0.3 is 6.18 Å². The van der Waals surface area contributed by atoms with Crippen LogP contribution in [0.15, 0.2) is 18.2 Å². The van der Waals surface area contributed by atoms with Crippen LogP contribution in [0, 0.1) is 0 Å². The van der Waals surface area contributed by atoms with Crippen LogP contribution in [0.25, 0.3) is 0 Å². The normalized spacial score (nSPS) is 12.3. The Bertz CT molecular complexity index is 501. The van der Waals surface area contributed by atoms with Crippen molar-refractivity contribution >= 4 is 22.9 Å². The second-order valence-electron chi connectivity index (χ2n) is 5.06. The number of anilines is 1. The molecule has 3 N–H and O–H groups in total. The smallest absolute Gasteiger partial charge is 0.389 e. The summed E-state index contributed by atoms with van der Waals surface area (Å²) < 4.78 is 43.1. The fourth-order valence-electron chi connectivity index (χ4n) is 1.79. The van der Waals surface area contributed by atoms with Crippen molar-refractivity contribution in [2.45, 2.75) is 25.6 Å². The Morgan fingerprint density at radius 1 is 1.35 bits per heavy atom. The van der Waals surface area contributed by atoms with Crippen molar-refractivity contribution in [3.63, 3.8) is 0 Å². The number of thiocarbonyl (C=S) groups is 1. The summed E-state index contributed by atoms with van der Waals surface area (Å²) in [4.78, 5) is -0.0909. The van der Waals surface area contributed by atoms with E-state index in [2.05, 4.69) is 5.32 Å². The summed E-state index contributed by atoms with van der Waals surface area (Å²) in [5.74, 6) is 0. The van der Waals surface area contributed by atoms with E-state index in [1.54, 1.807) is 7.11 Å². The molecule has 0 heterocycles. The molecule has 0 atom stereocenters. The van der Waals surface area contributed by atoms with E-state index in [1.165, 1.54) is 6.07 Å². The van der Waals surface area contributed by atoms with Crippen LogP contribution >= 0.6 is 12.2 Å². The zero-order chi connectivity index (χ0) is 15.6. The number of nitrogens with two attached hydrogens (primary N) is 1. The molecule has 3 nitrogen and oxygen atoms in total. The molecule has 0 amide bonds. The number of alkyl halides is 3. The molecule has 0 aliphatic rings. The molecule has 0 bridgehead atoms. The first-order valence-corrected chi connectivity index (χ1v) is 6.26. The maximum Gasteiger partial charge on any atom is 0.416 e. The second kappa shape index (κ2) is 5.97. The molecular weight excluding hydrogens is 289 g/mol. The first-order valence-electron chi connectivity index (χ1n) is 5.85. The zero-order valence-electron chi connectivity index (χ0n) is 11.5. The SMILES string of the molecule is COCC(C)(C)Nc1ccc(C(F)(F)F)cc1C(N)=S. The van der Waals surface area contributed by atoms with E-state index in [-0.39, 0.29) is 10.6 Å². The highest BCUT2D eigenvalue weighted by molar-refractivity contribution is 7.80. The standard InChI is InChI=1S/C13H17F3N2OS/c1-12(2,7-19-3)18-10-5-4-8(13(14,15)16)6-9(10)11(17)20/h4-6,18H,7H2,1-3H3,(H2,17,20). The summed E-state index contributed by atoms with van der Waals surface area (Å²) >= 11 is 4.83. The maximum absolute atomic E-state index is 12.7. The van der Waals surface area contributed by atoms with Gasteiger partial charge in [0, 0.05) is 18.4 Å². The van der Waals surface area contributed by atoms with Crippen LogP contribution in [-0.2, 0) is 10.9 Å². The molecule has 112 valence electrons. The number of halogens is 3. The molecule has 0 radical (unpaired) electrons. The third kappa shape index (κ3) is 4.35. The summed E-state index contributed by atoms with van der Waals surface area (Å²) in [5.41, 5.74) is 4.88. The molecule has 1 rings (SSSR count). The van der Waals surface area contributed by atoms with Crippen molar-refractivity contribution in [2.24, 2.45) is 5.73 Å². The van der Waals surface area contributed by atoms with Crippen molar-refractivity contribution in [1.29, 1.82) is 0 Å². The van der Waals surface area contributed by atoms with Crippen molar-refractivity contribution < 1.29 is 17.9 Å². The summed E-state index contributed by atoms with van der Waals surface area (Å²) in [6.07, 6.45) is -4.43. The van der Waals surface area contributed by atoms with Crippen molar-refractivity contribution in [3.8, 4) is 0 Å². The fraction of sp³-hybridized carbons (Fsp3) is 0.462. The van der Waals surface area contributed by atoms with E-state index in [9.17, 15) is 13.2 Å². The molecule has 0 aromatic heterocycles. The van der Waals surface area contributed by atoms with Crippen LogP contribution < -0.4 is 11.1 Å². The largest absolute Gasteiger partial charge is 0.416 e. The predicted octanol–water partition coefficient (Wildman–Crippen LogP) is 3.18. The molecule has 0 aliphatic carbocycles. The first-order chi connectivity index (χ1) is 9.07. The van der Waals surface area contributed by atoms with Crippen molar-refractivity contribution in [1.82, 2.24) is 0 Å². The Balaban J connectivity index is 3.18. The van der Waals surface area contributed by atoms with Crippen LogP contribution in [0.4, 0.5) is 18.9 Å². The van der Waals surface area contributed by atoms with Crippen molar-refractivity contribution in [2.75, 3.05) is 19.0 Å². The maximum atomic E-state index is 12.7. The first kappa shape index (κ1) is 16.7. The van der Waals surface area contributed by atoms with E-state index in [0.29, 0.717) is 12.3 Å². The van der Waals surface area contributed by atoms with Gasteiger partial charge in [0.1, 0.15) is 4.99 Å². The predicted molar refractivity (Wildman–Crippen MR) is 76.9 cm³/mol. The average molecular weight is 306 g/mol. The number of benzene rings is 1. The van der Waals surface area contributed by atoms with Gasteiger partial charge in [-0.15, -0.1) is 0 Å². The highest BCUT2D eigenvalue weighted by Crippen LogP contribution is 2.32. The Hall–Kier alpha value is -1.34. The monoisotopic (exact) mass is 306 g/mol. The minimum atomic E-state index is -4.43. The lowest BCUT2D eigenvalue weighted by Gasteiger charge is -2.28. The number of methoxy groups -OCH3 is 1. The average Bonchev–Trinajstić information content (AvgIpc) is 2.26. The van der Waals surface area contributed by atoms with Gasteiger partial charge in [-0.05, 0) is 32.0 Å². The van der Waals surface area contributed by atoms with Crippen molar-refractivity contribution in [3.05, 3.63) is 29.3 Å². The molecule has 1 aromatic rings. The van der Waals surface area contributed by atoms with E-state index in [1.807, 2.05) is 13.8 Å². The summed E-state index contributed by atoms with van der Waals surface area (Å²) in [6, 6.07) is 3.27. The molecule has 0 saturated carbocycles. The fourth-order valence-corrected chi connectivity index (χ4v) is 1.96. The van der Waals surface area contributed by atoms with Gasteiger partial charge in [0.15, 0.2) is 0 Å². The molecular formula is C13H17F3N2OS. The van der Waals surface area contributed by atoms with E-state index < -0.39 is 17.3 Å². The lowest BCUT2D eigenvalue weighted by Crippen LogP contribution is -2.36. The van der Waals surface area contributed by atoms with E-state index >= 15 is 0 Å². The van der Waals surface area contributed by atoms with Crippen LogP contribution in [0.5, 0.6) is 0 Å². The highest BCUT2D eigenvalue weighted by Gasteiger charge is 2.31. The number of nitrogens with one attached hydrogen (secondary N) is 1. The van der Waals surface area contributed by atoms with Gasteiger partial charge in [-0.3, -0.25) is 0 Å². The van der Waals surface area contributed by atoms with Crippen LogP contribution in [0.2, 0.25) is 0 Å². The summed E-state index contributed by atoms with van der Waals surface area (Å²) in [6.45, 7) is 4.10. The molecule has 0 fully saturated rings. The molecule has 20 heavy (non-hydrogen) atoms. The highest BCUT2D eigenvalue weighted by atomic mass is 32.1. The van der Waals surface area contributed by atoms with Gasteiger partial charge < -0.3 is 15.8 Å².